The minimum Gasteiger partial charge on any atom is -0.442 e. The molecule has 0 saturated carbocycles. The van der Waals surface area contributed by atoms with Crippen molar-refractivity contribution in [3.8, 4) is 0 Å². The van der Waals surface area contributed by atoms with Crippen molar-refractivity contribution in [3.05, 3.63) is 17.7 Å². The van der Waals surface area contributed by atoms with Gasteiger partial charge in [0.2, 0.25) is 5.71 Å². The molecule has 0 aliphatic carbocycles. The second-order valence-electron chi connectivity index (χ2n) is 6.38. The molecule has 0 bridgehead atoms. The number of aromatic nitrogens is 2. The SMILES string of the molecule is CC(=O)c1c(C)oc2ncnc(NCC(CCO)CC(C)C)c12. The number of aryl methyl sites for hydroxylation is 1. The van der Waals surface area contributed by atoms with Gasteiger partial charge in [-0.1, -0.05) is 13.8 Å². The normalized spacial score (nSPS) is 12.8. The van der Waals surface area contributed by atoms with Crippen LogP contribution in [0, 0.1) is 18.8 Å². The van der Waals surface area contributed by atoms with E-state index in [0.717, 1.165) is 12.8 Å². The van der Waals surface area contributed by atoms with E-state index in [1.54, 1.807) is 6.92 Å². The summed E-state index contributed by atoms with van der Waals surface area (Å²) in [6, 6.07) is 0. The molecule has 2 N–H and O–H groups in total. The number of furan rings is 1. The third-order valence-electron chi connectivity index (χ3n) is 3.92. The summed E-state index contributed by atoms with van der Waals surface area (Å²) in [6.07, 6.45) is 3.19. The van der Waals surface area contributed by atoms with Crippen LogP contribution in [0.15, 0.2) is 10.7 Å². The topological polar surface area (TPSA) is 88.2 Å². The maximum Gasteiger partial charge on any atom is 0.232 e. The van der Waals surface area contributed by atoms with Crippen molar-refractivity contribution in [2.45, 2.75) is 40.5 Å². The van der Waals surface area contributed by atoms with E-state index in [0.29, 0.717) is 46.6 Å². The summed E-state index contributed by atoms with van der Waals surface area (Å²) in [5.74, 6) is 2.02. The van der Waals surface area contributed by atoms with Crippen LogP contribution in [-0.4, -0.2) is 34.0 Å². The fourth-order valence-corrected chi connectivity index (χ4v) is 3.00. The maximum absolute atomic E-state index is 11.9. The van der Waals surface area contributed by atoms with Crippen LogP contribution in [-0.2, 0) is 0 Å². The summed E-state index contributed by atoms with van der Waals surface area (Å²) >= 11 is 0. The lowest BCUT2D eigenvalue weighted by atomic mass is 9.94. The summed E-state index contributed by atoms with van der Waals surface area (Å²) in [4.78, 5) is 20.3. The second-order valence-corrected chi connectivity index (χ2v) is 6.38. The van der Waals surface area contributed by atoms with Gasteiger partial charge in [0.25, 0.3) is 0 Å². The Morgan fingerprint density at radius 2 is 2.13 bits per heavy atom. The number of nitrogens with zero attached hydrogens (tertiary/aromatic N) is 2. The fraction of sp³-hybridized carbons (Fsp3) is 0.588. The third-order valence-corrected chi connectivity index (χ3v) is 3.92. The van der Waals surface area contributed by atoms with Crippen LogP contribution in [0.3, 0.4) is 0 Å². The lowest BCUT2D eigenvalue weighted by Gasteiger charge is -2.19. The Morgan fingerprint density at radius 1 is 1.39 bits per heavy atom. The number of hydrogen-bond donors (Lipinski definition) is 2. The Balaban J connectivity index is 2.27. The largest absolute Gasteiger partial charge is 0.442 e. The average molecular weight is 319 g/mol. The Hall–Kier alpha value is -1.95. The minimum atomic E-state index is -0.0619. The number of carbonyl (C=O) groups excluding carboxylic acids is 1. The smallest absolute Gasteiger partial charge is 0.232 e. The second kappa shape index (κ2) is 7.55. The zero-order valence-electron chi connectivity index (χ0n) is 14.2. The Morgan fingerprint density at radius 3 is 2.74 bits per heavy atom. The molecule has 2 aromatic heterocycles. The molecule has 0 aromatic carbocycles. The van der Waals surface area contributed by atoms with E-state index in [2.05, 4.69) is 29.1 Å². The van der Waals surface area contributed by atoms with Gasteiger partial charge in [-0.25, -0.2) is 9.97 Å². The highest BCUT2D eigenvalue weighted by Crippen LogP contribution is 2.29. The van der Waals surface area contributed by atoms with Crippen molar-refractivity contribution in [2.75, 3.05) is 18.5 Å². The molecular weight excluding hydrogens is 294 g/mol. The maximum atomic E-state index is 11.9. The highest BCUT2D eigenvalue weighted by molar-refractivity contribution is 6.09. The van der Waals surface area contributed by atoms with Crippen LogP contribution in [0.1, 0.15) is 49.7 Å². The molecule has 0 spiro atoms. The molecule has 23 heavy (non-hydrogen) atoms. The summed E-state index contributed by atoms with van der Waals surface area (Å²) < 4.78 is 5.57. The molecule has 6 nitrogen and oxygen atoms in total. The van der Waals surface area contributed by atoms with Crippen molar-refractivity contribution in [1.82, 2.24) is 9.97 Å². The van der Waals surface area contributed by atoms with Gasteiger partial charge in [-0.2, -0.15) is 0 Å². The van der Waals surface area contributed by atoms with Gasteiger partial charge in [0, 0.05) is 13.2 Å². The van der Waals surface area contributed by atoms with Crippen LogP contribution in [0.5, 0.6) is 0 Å². The predicted octanol–water partition coefficient (Wildman–Crippen LogP) is 3.19. The van der Waals surface area contributed by atoms with E-state index in [4.69, 9.17) is 4.42 Å². The molecular formula is C17H25N3O3. The summed E-state index contributed by atoms with van der Waals surface area (Å²) in [5.41, 5.74) is 0.957. The number of aliphatic hydroxyl groups is 1. The van der Waals surface area contributed by atoms with Gasteiger partial charge in [-0.3, -0.25) is 4.79 Å². The molecule has 1 atom stereocenters. The van der Waals surface area contributed by atoms with E-state index in [1.165, 1.54) is 13.3 Å². The first-order valence-electron chi connectivity index (χ1n) is 8.03. The zero-order chi connectivity index (χ0) is 17.0. The highest BCUT2D eigenvalue weighted by atomic mass is 16.3. The fourth-order valence-electron chi connectivity index (χ4n) is 3.00. The van der Waals surface area contributed by atoms with Crippen molar-refractivity contribution < 1.29 is 14.3 Å². The molecule has 2 aromatic rings. The number of nitrogens with one attached hydrogen (secondary N) is 1. The number of fused-ring (bicyclic) bond motifs is 1. The van der Waals surface area contributed by atoms with Gasteiger partial charge in [0.05, 0.1) is 10.9 Å². The van der Waals surface area contributed by atoms with Crippen LogP contribution in [0.2, 0.25) is 0 Å². The van der Waals surface area contributed by atoms with Gasteiger partial charge in [0.1, 0.15) is 17.9 Å². The van der Waals surface area contributed by atoms with E-state index in [-0.39, 0.29) is 12.4 Å². The number of anilines is 1. The lowest BCUT2D eigenvalue weighted by Crippen LogP contribution is -2.18. The molecule has 0 aliphatic heterocycles. The first kappa shape index (κ1) is 17.4. The number of rotatable bonds is 8. The van der Waals surface area contributed by atoms with E-state index < -0.39 is 0 Å². The van der Waals surface area contributed by atoms with Crippen LogP contribution in [0.25, 0.3) is 11.1 Å². The summed E-state index contributed by atoms with van der Waals surface area (Å²) in [6.45, 7) is 8.46. The predicted molar refractivity (Wildman–Crippen MR) is 89.7 cm³/mol. The van der Waals surface area contributed by atoms with Crippen molar-refractivity contribution >= 4 is 22.7 Å². The Bertz CT molecular complexity index is 679. The van der Waals surface area contributed by atoms with Crippen molar-refractivity contribution in [1.29, 1.82) is 0 Å². The molecule has 0 radical (unpaired) electrons. The third kappa shape index (κ3) is 4.07. The highest BCUT2D eigenvalue weighted by Gasteiger charge is 2.20. The molecule has 0 aliphatic rings. The quantitative estimate of drug-likeness (QED) is 0.726. The average Bonchev–Trinajstić information content (AvgIpc) is 2.81. The van der Waals surface area contributed by atoms with Gasteiger partial charge in [0.15, 0.2) is 5.78 Å². The number of ketones is 1. The summed E-state index contributed by atoms with van der Waals surface area (Å²) in [7, 11) is 0. The molecule has 0 amide bonds. The van der Waals surface area contributed by atoms with E-state index in [1.807, 2.05) is 0 Å². The van der Waals surface area contributed by atoms with Gasteiger partial charge >= 0.3 is 0 Å². The van der Waals surface area contributed by atoms with Gasteiger partial charge in [-0.05, 0) is 38.5 Å². The zero-order valence-corrected chi connectivity index (χ0v) is 14.2. The van der Waals surface area contributed by atoms with Gasteiger partial charge < -0.3 is 14.8 Å². The molecule has 126 valence electrons. The number of carbonyl (C=O) groups is 1. The number of aliphatic hydroxyl groups excluding tert-OH is 1. The Labute approximate surface area is 136 Å². The van der Waals surface area contributed by atoms with Crippen LogP contribution < -0.4 is 5.32 Å². The van der Waals surface area contributed by atoms with Crippen LogP contribution in [0.4, 0.5) is 5.82 Å². The lowest BCUT2D eigenvalue weighted by molar-refractivity contribution is 0.101. The molecule has 2 rings (SSSR count). The molecule has 6 heteroatoms. The monoisotopic (exact) mass is 319 g/mol. The van der Waals surface area contributed by atoms with E-state index >= 15 is 0 Å². The Kier molecular flexibility index (Phi) is 5.71. The van der Waals surface area contributed by atoms with Gasteiger partial charge in [-0.15, -0.1) is 0 Å². The first-order valence-corrected chi connectivity index (χ1v) is 8.03. The molecule has 0 fully saturated rings. The molecule has 0 saturated heterocycles. The minimum absolute atomic E-state index is 0.0619. The standard InChI is InChI=1S/C17H25N3O3/c1-10(2)7-13(5-6-21)8-18-16-15-14(11(3)22)12(4)23-17(15)20-9-19-16/h9-10,13,21H,5-8H2,1-4H3,(H,18,19,20). The van der Waals surface area contributed by atoms with Crippen molar-refractivity contribution in [2.24, 2.45) is 11.8 Å². The number of hydrogen-bond acceptors (Lipinski definition) is 6. The number of Topliss-reactive ketones (excluding diaryl/α,β-unsaturated/α-hetero) is 1. The first-order chi connectivity index (χ1) is 10.9. The molecule has 1 unspecified atom stereocenters. The summed E-state index contributed by atoms with van der Waals surface area (Å²) in [5, 5.41) is 13.2. The van der Waals surface area contributed by atoms with E-state index in [9.17, 15) is 9.90 Å². The van der Waals surface area contributed by atoms with Crippen LogP contribution >= 0.6 is 0 Å². The molecule has 2 heterocycles. The van der Waals surface area contributed by atoms with Crippen molar-refractivity contribution in [3.63, 3.8) is 0 Å².